The third-order valence-corrected chi connectivity index (χ3v) is 4.14. The molecule has 0 amide bonds. The van der Waals surface area contributed by atoms with Crippen LogP contribution in [0.5, 0.6) is 0 Å². The summed E-state index contributed by atoms with van der Waals surface area (Å²) in [5.74, 6) is 0.456. The highest BCUT2D eigenvalue weighted by Gasteiger charge is 2.26. The van der Waals surface area contributed by atoms with Gasteiger partial charge in [0.2, 0.25) is 5.89 Å². The molecule has 0 saturated carbocycles. The van der Waals surface area contributed by atoms with E-state index in [4.69, 9.17) is 9.52 Å². The van der Waals surface area contributed by atoms with E-state index < -0.39 is 5.97 Å². The Hall–Kier alpha value is -2.14. The molecule has 1 aliphatic rings. The topological polar surface area (TPSA) is 66.6 Å². The second-order valence-electron chi connectivity index (χ2n) is 5.80. The molecular weight excluding hydrogens is 280 g/mol. The monoisotopic (exact) mass is 300 g/mol. The number of hydrogen-bond acceptors (Lipinski definition) is 4. The fourth-order valence-electron chi connectivity index (χ4n) is 2.89. The van der Waals surface area contributed by atoms with Crippen molar-refractivity contribution >= 4 is 5.97 Å². The van der Waals surface area contributed by atoms with Crippen molar-refractivity contribution in [2.45, 2.75) is 26.3 Å². The molecular formula is C17H20N2O3. The number of nitrogens with zero attached hydrogens (tertiary/aromatic N) is 2. The second-order valence-corrected chi connectivity index (χ2v) is 5.80. The average Bonchev–Trinajstić information content (AvgIpc) is 2.89. The highest BCUT2D eigenvalue weighted by molar-refractivity contribution is 5.70. The largest absolute Gasteiger partial charge is 0.481 e. The predicted molar refractivity (Wildman–Crippen MR) is 82.3 cm³/mol. The van der Waals surface area contributed by atoms with Gasteiger partial charge < -0.3 is 9.52 Å². The quantitative estimate of drug-likeness (QED) is 0.940. The Bertz CT molecular complexity index is 651. The summed E-state index contributed by atoms with van der Waals surface area (Å²) in [6.45, 7) is 4.05. The van der Waals surface area contributed by atoms with Crippen molar-refractivity contribution < 1.29 is 14.3 Å². The molecule has 1 N–H and O–H groups in total. The number of carbonyl (C=O) groups is 1. The number of hydrogen-bond donors (Lipinski definition) is 1. The lowest BCUT2D eigenvalue weighted by atomic mass is 9.98. The van der Waals surface area contributed by atoms with Crippen LogP contribution < -0.4 is 0 Å². The Kier molecular flexibility index (Phi) is 4.24. The summed E-state index contributed by atoms with van der Waals surface area (Å²) >= 11 is 0. The molecule has 1 fully saturated rings. The van der Waals surface area contributed by atoms with E-state index >= 15 is 0 Å². The summed E-state index contributed by atoms with van der Waals surface area (Å²) in [6, 6.07) is 9.81. The fourth-order valence-corrected chi connectivity index (χ4v) is 2.89. The number of piperidine rings is 1. The molecule has 1 aliphatic heterocycles. The van der Waals surface area contributed by atoms with Gasteiger partial charge in [0.05, 0.1) is 11.6 Å². The number of benzene rings is 1. The molecule has 3 rings (SSSR count). The molecule has 5 heteroatoms. The molecule has 22 heavy (non-hydrogen) atoms. The van der Waals surface area contributed by atoms with Crippen LogP contribution in [0, 0.1) is 12.8 Å². The van der Waals surface area contributed by atoms with Crippen LogP contribution in [-0.2, 0) is 11.3 Å². The van der Waals surface area contributed by atoms with Crippen LogP contribution in [0.15, 0.2) is 34.7 Å². The molecule has 0 radical (unpaired) electrons. The van der Waals surface area contributed by atoms with Crippen LogP contribution in [0.2, 0.25) is 0 Å². The Balaban J connectivity index is 1.73. The van der Waals surface area contributed by atoms with E-state index in [1.165, 1.54) is 0 Å². The standard InChI is InChI=1S/C17H20N2O3/c1-12-15(11-19-9-5-8-14(10-19)17(20)21)18-16(22-12)13-6-3-2-4-7-13/h2-4,6-7,14H,5,8-11H2,1H3,(H,20,21)/t14-/m0/s1. The Morgan fingerprint density at radius 1 is 1.41 bits per heavy atom. The minimum atomic E-state index is -0.702. The lowest BCUT2D eigenvalue weighted by Crippen LogP contribution is -2.38. The lowest BCUT2D eigenvalue weighted by Gasteiger charge is -2.29. The van der Waals surface area contributed by atoms with E-state index in [0.717, 1.165) is 36.4 Å². The third kappa shape index (κ3) is 3.20. The van der Waals surface area contributed by atoms with Crippen LogP contribution in [0.25, 0.3) is 11.5 Å². The van der Waals surface area contributed by atoms with Gasteiger partial charge in [-0.2, -0.15) is 0 Å². The molecule has 1 aromatic heterocycles. The molecule has 2 aromatic rings. The smallest absolute Gasteiger partial charge is 0.307 e. The second kappa shape index (κ2) is 6.32. The molecule has 0 bridgehead atoms. The molecule has 0 unspecified atom stereocenters. The molecule has 116 valence electrons. The summed E-state index contributed by atoms with van der Waals surface area (Å²) in [7, 11) is 0. The molecule has 0 aliphatic carbocycles. The highest BCUT2D eigenvalue weighted by Crippen LogP contribution is 2.24. The lowest BCUT2D eigenvalue weighted by molar-refractivity contribution is -0.143. The summed E-state index contributed by atoms with van der Waals surface area (Å²) < 4.78 is 5.76. The van der Waals surface area contributed by atoms with E-state index in [1.54, 1.807) is 0 Å². The van der Waals surface area contributed by atoms with Gasteiger partial charge in [-0.1, -0.05) is 18.2 Å². The average molecular weight is 300 g/mol. The van der Waals surface area contributed by atoms with Gasteiger partial charge in [-0.05, 0) is 38.4 Å². The first kappa shape index (κ1) is 14.8. The summed E-state index contributed by atoms with van der Waals surface area (Å²) in [6.07, 6.45) is 1.68. The number of oxazole rings is 1. The van der Waals surface area contributed by atoms with Crippen LogP contribution in [0.4, 0.5) is 0 Å². The number of aryl methyl sites for hydroxylation is 1. The van der Waals surface area contributed by atoms with E-state index in [2.05, 4.69) is 9.88 Å². The van der Waals surface area contributed by atoms with Crippen molar-refractivity contribution in [3.8, 4) is 11.5 Å². The first-order valence-electron chi connectivity index (χ1n) is 7.60. The predicted octanol–water partition coefficient (Wildman–Crippen LogP) is 2.95. The third-order valence-electron chi connectivity index (χ3n) is 4.14. The van der Waals surface area contributed by atoms with Crippen molar-refractivity contribution in [3.63, 3.8) is 0 Å². The van der Waals surface area contributed by atoms with E-state index in [1.807, 2.05) is 37.3 Å². The van der Waals surface area contributed by atoms with Crippen LogP contribution in [0.3, 0.4) is 0 Å². The Labute approximate surface area is 129 Å². The normalized spacial score (nSPS) is 19.2. The number of carboxylic acids is 1. The van der Waals surface area contributed by atoms with Gasteiger partial charge in [0, 0.05) is 18.7 Å². The van der Waals surface area contributed by atoms with Crippen molar-refractivity contribution in [1.29, 1.82) is 0 Å². The zero-order chi connectivity index (χ0) is 15.5. The maximum absolute atomic E-state index is 11.1. The molecule has 1 aromatic carbocycles. The summed E-state index contributed by atoms with van der Waals surface area (Å²) in [4.78, 5) is 17.9. The van der Waals surface area contributed by atoms with Gasteiger partial charge in [0.25, 0.3) is 0 Å². The van der Waals surface area contributed by atoms with Crippen molar-refractivity contribution in [2.24, 2.45) is 5.92 Å². The zero-order valence-corrected chi connectivity index (χ0v) is 12.7. The molecule has 2 heterocycles. The fraction of sp³-hybridized carbons (Fsp3) is 0.412. The number of likely N-dealkylation sites (tertiary alicyclic amines) is 1. The first-order chi connectivity index (χ1) is 10.6. The zero-order valence-electron chi connectivity index (χ0n) is 12.7. The van der Waals surface area contributed by atoms with Gasteiger partial charge in [0.1, 0.15) is 5.76 Å². The van der Waals surface area contributed by atoms with Crippen molar-refractivity contribution in [1.82, 2.24) is 9.88 Å². The minimum Gasteiger partial charge on any atom is -0.481 e. The van der Waals surface area contributed by atoms with Gasteiger partial charge in [0.15, 0.2) is 0 Å². The highest BCUT2D eigenvalue weighted by atomic mass is 16.4. The minimum absolute atomic E-state index is 0.269. The van der Waals surface area contributed by atoms with Gasteiger partial charge in [-0.3, -0.25) is 9.69 Å². The maximum atomic E-state index is 11.1. The van der Waals surface area contributed by atoms with Gasteiger partial charge in [-0.15, -0.1) is 0 Å². The number of aliphatic carboxylic acids is 1. The van der Waals surface area contributed by atoms with E-state index in [0.29, 0.717) is 19.0 Å². The van der Waals surface area contributed by atoms with Crippen LogP contribution in [0.1, 0.15) is 24.3 Å². The molecule has 1 atom stereocenters. The van der Waals surface area contributed by atoms with Gasteiger partial charge in [-0.25, -0.2) is 4.98 Å². The summed E-state index contributed by atoms with van der Waals surface area (Å²) in [5, 5.41) is 9.17. The Morgan fingerprint density at radius 3 is 2.91 bits per heavy atom. The maximum Gasteiger partial charge on any atom is 0.307 e. The number of carboxylic acid groups (broad SMARTS) is 1. The Morgan fingerprint density at radius 2 is 2.18 bits per heavy atom. The van der Waals surface area contributed by atoms with E-state index in [-0.39, 0.29) is 5.92 Å². The van der Waals surface area contributed by atoms with Crippen LogP contribution in [-0.4, -0.2) is 34.0 Å². The number of rotatable bonds is 4. The molecule has 0 spiro atoms. The first-order valence-corrected chi connectivity index (χ1v) is 7.60. The summed E-state index contributed by atoms with van der Waals surface area (Å²) in [5.41, 5.74) is 1.85. The van der Waals surface area contributed by atoms with Crippen LogP contribution >= 0.6 is 0 Å². The van der Waals surface area contributed by atoms with Gasteiger partial charge >= 0.3 is 5.97 Å². The number of aromatic nitrogens is 1. The molecule has 1 saturated heterocycles. The SMILES string of the molecule is Cc1oc(-c2ccccc2)nc1CN1CCC[C@H](C(=O)O)C1. The van der Waals surface area contributed by atoms with E-state index in [9.17, 15) is 4.79 Å². The van der Waals surface area contributed by atoms with Crippen molar-refractivity contribution in [2.75, 3.05) is 13.1 Å². The molecule has 5 nitrogen and oxygen atoms in total. The van der Waals surface area contributed by atoms with Crippen molar-refractivity contribution in [3.05, 3.63) is 41.8 Å².